The van der Waals surface area contributed by atoms with Crippen molar-refractivity contribution in [3.8, 4) is 11.3 Å². The van der Waals surface area contributed by atoms with Crippen molar-refractivity contribution in [2.24, 2.45) is 5.73 Å². The molecule has 0 spiro atoms. The number of primary amides is 1. The molecule has 0 unspecified atom stereocenters. The van der Waals surface area contributed by atoms with Crippen molar-refractivity contribution >= 4 is 22.6 Å². The van der Waals surface area contributed by atoms with Gasteiger partial charge in [-0.3, -0.25) is 9.89 Å². The lowest BCUT2D eigenvalue weighted by Gasteiger charge is -2.05. The molecule has 1 amide bonds. The molecule has 7 heteroatoms. The summed E-state index contributed by atoms with van der Waals surface area (Å²) < 4.78 is 0. The number of amides is 1. The van der Waals surface area contributed by atoms with Crippen LogP contribution in [0.15, 0.2) is 48.7 Å². The Bertz CT molecular complexity index is 1110. The number of nitrogens with two attached hydrogens (primary N) is 2. The first kappa shape index (κ1) is 16.8. The van der Waals surface area contributed by atoms with Gasteiger partial charge in [-0.25, -0.2) is 4.98 Å². The average Bonchev–Trinajstić information content (AvgIpc) is 3.29. The molecule has 0 saturated carbocycles. The molecule has 0 atom stereocenters. The SMILES string of the molecule is NC(=O)c1ccccc1C[CH]Cc1nc(-c2ccc3c(N)n[nH]c3c2)c[nH]1. The smallest absolute Gasteiger partial charge is 0.248 e. The first-order valence-corrected chi connectivity index (χ1v) is 8.59. The quantitative estimate of drug-likeness (QED) is 0.422. The Morgan fingerprint density at radius 2 is 2.00 bits per heavy atom. The number of fused-ring (bicyclic) bond motifs is 1. The fraction of sp³-hybridized carbons (Fsp3) is 0.100. The topological polar surface area (TPSA) is 126 Å². The van der Waals surface area contributed by atoms with Gasteiger partial charge in [-0.1, -0.05) is 24.3 Å². The molecule has 2 aromatic carbocycles. The molecule has 4 aromatic rings. The maximum atomic E-state index is 11.5. The Labute approximate surface area is 155 Å². The molecular formula is C20H19N6O. The molecule has 1 radical (unpaired) electrons. The number of nitrogens with one attached hydrogen (secondary N) is 2. The second-order valence-electron chi connectivity index (χ2n) is 6.32. The van der Waals surface area contributed by atoms with E-state index >= 15 is 0 Å². The predicted octanol–water partition coefficient (Wildman–Crippen LogP) is 2.62. The van der Waals surface area contributed by atoms with Crippen LogP contribution < -0.4 is 11.5 Å². The Kier molecular flexibility index (Phi) is 4.33. The minimum Gasteiger partial charge on any atom is -0.382 e. The van der Waals surface area contributed by atoms with Crippen molar-refractivity contribution in [1.29, 1.82) is 0 Å². The van der Waals surface area contributed by atoms with Crippen molar-refractivity contribution in [2.45, 2.75) is 12.8 Å². The van der Waals surface area contributed by atoms with Gasteiger partial charge in [0, 0.05) is 29.1 Å². The molecule has 27 heavy (non-hydrogen) atoms. The van der Waals surface area contributed by atoms with E-state index in [-0.39, 0.29) is 0 Å². The highest BCUT2D eigenvalue weighted by molar-refractivity contribution is 5.94. The third-order valence-electron chi connectivity index (χ3n) is 4.50. The summed E-state index contributed by atoms with van der Waals surface area (Å²) >= 11 is 0. The van der Waals surface area contributed by atoms with E-state index in [2.05, 4.69) is 26.6 Å². The van der Waals surface area contributed by atoms with Crippen LogP contribution in [-0.4, -0.2) is 26.1 Å². The third kappa shape index (κ3) is 3.39. The van der Waals surface area contributed by atoms with Crippen LogP contribution in [0.2, 0.25) is 0 Å². The minimum atomic E-state index is -0.408. The van der Waals surface area contributed by atoms with Gasteiger partial charge in [-0.15, -0.1) is 0 Å². The fourth-order valence-electron chi connectivity index (χ4n) is 3.12. The zero-order chi connectivity index (χ0) is 18.8. The van der Waals surface area contributed by atoms with Crippen LogP contribution in [0, 0.1) is 6.42 Å². The van der Waals surface area contributed by atoms with Gasteiger partial charge in [0.15, 0.2) is 5.82 Å². The molecule has 135 valence electrons. The number of imidazole rings is 1. The van der Waals surface area contributed by atoms with E-state index in [0.29, 0.717) is 24.2 Å². The molecule has 0 saturated heterocycles. The zero-order valence-corrected chi connectivity index (χ0v) is 14.6. The standard InChI is InChI=1S/C20H19N6O/c21-19-15-9-8-13(10-16(15)25-26-19)17-11-23-18(24-17)7-3-5-12-4-1-2-6-14(12)20(22)27/h1-4,6,8-11H,5,7H2,(H2,22,27)(H,23,24)(H3,21,25,26). The number of nitrogens with zero attached hydrogens (tertiary/aromatic N) is 2. The van der Waals surface area contributed by atoms with Crippen LogP contribution >= 0.6 is 0 Å². The van der Waals surface area contributed by atoms with E-state index in [1.54, 1.807) is 6.07 Å². The lowest BCUT2D eigenvalue weighted by Crippen LogP contribution is -2.13. The minimum absolute atomic E-state index is 0.408. The number of benzene rings is 2. The lowest BCUT2D eigenvalue weighted by molar-refractivity contribution is 0.0999. The van der Waals surface area contributed by atoms with Crippen LogP contribution in [0.1, 0.15) is 21.7 Å². The normalized spacial score (nSPS) is 11.1. The van der Waals surface area contributed by atoms with Crippen molar-refractivity contribution in [3.05, 3.63) is 72.0 Å². The first-order valence-electron chi connectivity index (χ1n) is 8.59. The van der Waals surface area contributed by atoms with E-state index in [0.717, 1.165) is 33.5 Å². The van der Waals surface area contributed by atoms with Crippen molar-refractivity contribution in [1.82, 2.24) is 20.2 Å². The molecule has 2 heterocycles. The van der Waals surface area contributed by atoms with Crippen LogP contribution in [0.5, 0.6) is 0 Å². The van der Waals surface area contributed by atoms with Gasteiger partial charge in [0.05, 0.1) is 11.2 Å². The summed E-state index contributed by atoms with van der Waals surface area (Å²) in [5.41, 5.74) is 15.4. The maximum absolute atomic E-state index is 11.5. The monoisotopic (exact) mass is 359 g/mol. The molecule has 6 N–H and O–H groups in total. The van der Waals surface area contributed by atoms with E-state index in [4.69, 9.17) is 11.5 Å². The summed E-state index contributed by atoms with van der Waals surface area (Å²) in [6.07, 6.45) is 5.26. The number of carbonyl (C=O) groups is 1. The number of aromatic amines is 2. The van der Waals surface area contributed by atoms with Gasteiger partial charge in [-0.2, -0.15) is 5.10 Å². The zero-order valence-electron chi connectivity index (χ0n) is 14.6. The number of anilines is 1. The van der Waals surface area contributed by atoms with Gasteiger partial charge in [0.1, 0.15) is 5.82 Å². The van der Waals surface area contributed by atoms with Crippen LogP contribution in [0.25, 0.3) is 22.2 Å². The largest absolute Gasteiger partial charge is 0.382 e. The highest BCUT2D eigenvalue weighted by atomic mass is 16.1. The summed E-state index contributed by atoms with van der Waals surface area (Å²) in [5, 5.41) is 7.82. The highest BCUT2D eigenvalue weighted by Crippen LogP contribution is 2.25. The second-order valence-corrected chi connectivity index (χ2v) is 6.32. The van der Waals surface area contributed by atoms with Gasteiger partial charge in [0.25, 0.3) is 0 Å². The Hall–Kier alpha value is -3.61. The molecule has 0 bridgehead atoms. The molecule has 0 aliphatic heterocycles. The number of hydrogen-bond acceptors (Lipinski definition) is 4. The fourth-order valence-corrected chi connectivity index (χ4v) is 3.12. The van der Waals surface area contributed by atoms with Crippen molar-refractivity contribution in [3.63, 3.8) is 0 Å². The molecule has 4 rings (SSSR count). The third-order valence-corrected chi connectivity index (χ3v) is 4.50. The van der Waals surface area contributed by atoms with Gasteiger partial charge in [-0.05, 0) is 36.6 Å². The number of rotatable bonds is 6. The first-order chi connectivity index (χ1) is 13.1. The number of hydrogen-bond donors (Lipinski definition) is 4. The molecular weight excluding hydrogens is 340 g/mol. The molecule has 2 aromatic heterocycles. The highest BCUT2D eigenvalue weighted by Gasteiger charge is 2.10. The molecule has 7 nitrogen and oxygen atoms in total. The Morgan fingerprint density at radius 1 is 1.15 bits per heavy atom. The maximum Gasteiger partial charge on any atom is 0.248 e. The van der Waals surface area contributed by atoms with Crippen LogP contribution in [0.3, 0.4) is 0 Å². The summed E-state index contributed by atoms with van der Waals surface area (Å²) in [6.45, 7) is 0. The molecule has 0 fully saturated rings. The second kappa shape index (κ2) is 6.95. The van der Waals surface area contributed by atoms with Crippen molar-refractivity contribution < 1.29 is 4.79 Å². The van der Waals surface area contributed by atoms with E-state index in [1.807, 2.05) is 42.6 Å². The van der Waals surface area contributed by atoms with E-state index in [1.165, 1.54) is 0 Å². The van der Waals surface area contributed by atoms with Gasteiger partial charge >= 0.3 is 0 Å². The predicted molar refractivity (Wildman–Crippen MR) is 105 cm³/mol. The number of H-pyrrole nitrogens is 2. The number of nitrogen functional groups attached to an aromatic ring is 1. The summed E-state index contributed by atoms with van der Waals surface area (Å²) in [5.74, 6) is 0.935. The number of aromatic nitrogens is 4. The van der Waals surface area contributed by atoms with Gasteiger partial charge in [0.2, 0.25) is 5.91 Å². The molecule has 0 aliphatic carbocycles. The van der Waals surface area contributed by atoms with Crippen LogP contribution in [-0.2, 0) is 12.8 Å². The molecule has 0 aliphatic rings. The van der Waals surface area contributed by atoms with Gasteiger partial charge < -0.3 is 16.5 Å². The van der Waals surface area contributed by atoms with E-state index < -0.39 is 5.91 Å². The van der Waals surface area contributed by atoms with Crippen LogP contribution in [0.4, 0.5) is 5.82 Å². The lowest BCUT2D eigenvalue weighted by atomic mass is 10.0. The Balaban J connectivity index is 1.44. The summed E-state index contributed by atoms with van der Waals surface area (Å²) in [7, 11) is 0. The summed E-state index contributed by atoms with van der Waals surface area (Å²) in [4.78, 5) is 19.3. The van der Waals surface area contributed by atoms with E-state index in [9.17, 15) is 4.79 Å². The Morgan fingerprint density at radius 3 is 2.85 bits per heavy atom. The van der Waals surface area contributed by atoms with Crippen molar-refractivity contribution in [2.75, 3.05) is 5.73 Å². The number of carbonyl (C=O) groups excluding carboxylic acids is 1. The average molecular weight is 359 g/mol. The summed E-state index contributed by atoms with van der Waals surface area (Å²) in [6, 6.07) is 13.3.